The molecule has 0 bridgehead atoms. The molecule has 1 atom stereocenters. The quantitative estimate of drug-likeness (QED) is 0.619. The summed E-state index contributed by atoms with van der Waals surface area (Å²) in [7, 11) is 0. The minimum Gasteiger partial charge on any atom is -0.474 e. The van der Waals surface area contributed by atoms with Gasteiger partial charge in [-0.15, -0.1) is 0 Å². The van der Waals surface area contributed by atoms with Crippen LogP contribution in [0.25, 0.3) is 0 Å². The monoisotopic (exact) mass is 318 g/mol. The molecule has 1 unspecified atom stereocenters. The van der Waals surface area contributed by atoms with Crippen LogP contribution in [-0.4, -0.2) is 36.3 Å². The van der Waals surface area contributed by atoms with Crippen molar-refractivity contribution >= 4 is 5.96 Å². The maximum atomic E-state index is 5.91. The molecule has 0 aromatic carbocycles. The smallest absolute Gasteiger partial charge is 0.213 e. The fourth-order valence-electron chi connectivity index (χ4n) is 3.05. The Hall–Kier alpha value is -1.82. The van der Waals surface area contributed by atoms with Crippen molar-refractivity contribution in [2.24, 2.45) is 10.7 Å². The average Bonchev–Trinajstić information content (AvgIpc) is 3.25. The molecule has 1 aliphatic carbocycles. The van der Waals surface area contributed by atoms with Crippen LogP contribution in [0.5, 0.6) is 5.88 Å². The van der Waals surface area contributed by atoms with Crippen molar-refractivity contribution in [3.63, 3.8) is 0 Å². The second-order valence-electron chi connectivity index (χ2n) is 6.24. The van der Waals surface area contributed by atoms with E-state index >= 15 is 0 Å². The van der Waals surface area contributed by atoms with Crippen molar-refractivity contribution in [1.82, 2.24) is 10.3 Å². The van der Waals surface area contributed by atoms with Crippen LogP contribution in [0.3, 0.4) is 0 Å². The molecule has 2 fully saturated rings. The Labute approximate surface area is 137 Å². The lowest BCUT2D eigenvalue weighted by molar-refractivity contribution is 0.114. The maximum Gasteiger partial charge on any atom is 0.213 e. The molecule has 0 spiro atoms. The minimum absolute atomic E-state index is 0.260. The van der Waals surface area contributed by atoms with Gasteiger partial charge in [-0.2, -0.15) is 0 Å². The molecule has 1 aliphatic heterocycles. The lowest BCUT2D eigenvalue weighted by Crippen LogP contribution is -2.37. The van der Waals surface area contributed by atoms with Crippen LogP contribution in [0.15, 0.2) is 23.3 Å². The molecule has 1 aromatic heterocycles. The normalized spacial score (nSPS) is 22.4. The zero-order chi connectivity index (χ0) is 15.9. The number of aliphatic imine (C=N–C) groups is 1. The topological polar surface area (TPSA) is 81.8 Å². The summed E-state index contributed by atoms with van der Waals surface area (Å²) in [4.78, 5) is 8.66. The van der Waals surface area contributed by atoms with Crippen LogP contribution in [0.2, 0.25) is 0 Å². The zero-order valence-corrected chi connectivity index (χ0v) is 13.5. The summed E-state index contributed by atoms with van der Waals surface area (Å²) in [6.45, 7) is 2.10. The van der Waals surface area contributed by atoms with Gasteiger partial charge in [0.1, 0.15) is 6.10 Å². The third-order valence-corrected chi connectivity index (χ3v) is 4.36. The first-order valence-electron chi connectivity index (χ1n) is 8.56. The molecule has 1 aromatic rings. The third kappa shape index (κ3) is 5.10. The Kier molecular flexibility index (Phi) is 5.69. The van der Waals surface area contributed by atoms with Gasteiger partial charge >= 0.3 is 0 Å². The van der Waals surface area contributed by atoms with Crippen molar-refractivity contribution < 1.29 is 9.47 Å². The Morgan fingerprint density at radius 2 is 2.22 bits per heavy atom. The highest BCUT2D eigenvalue weighted by Gasteiger charge is 2.17. The zero-order valence-electron chi connectivity index (χ0n) is 13.5. The van der Waals surface area contributed by atoms with Crippen LogP contribution < -0.4 is 15.8 Å². The molecule has 6 heteroatoms. The van der Waals surface area contributed by atoms with Gasteiger partial charge in [-0.1, -0.05) is 0 Å². The summed E-state index contributed by atoms with van der Waals surface area (Å²) in [5.74, 6) is 1.14. The highest BCUT2D eigenvalue weighted by atomic mass is 16.5. The van der Waals surface area contributed by atoms with E-state index in [1.165, 1.54) is 12.8 Å². The van der Waals surface area contributed by atoms with E-state index in [1.54, 1.807) is 6.20 Å². The van der Waals surface area contributed by atoms with Gasteiger partial charge in [-0.3, -0.25) is 0 Å². The van der Waals surface area contributed by atoms with Gasteiger partial charge in [0.25, 0.3) is 0 Å². The predicted molar refractivity (Wildman–Crippen MR) is 89.4 cm³/mol. The molecule has 3 rings (SSSR count). The third-order valence-electron chi connectivity index (χ3n) is 4.36. The molecular weight excluding hydrogens is 292 g/mol. The summed E-state index contributed by atoms with van der Waals surface area (Å²) >= 11 is 0. The van der Waals surface area contributed by atoms with E-state index in [9.17, 15) is 0 Å². The molecule has 1 saturated heterocycles. The predicted octanol–water partition coefficient (Wildman–Crippen LogP) is 1.99. The Bertz CT molecular complexity index is 523. The first kappa shape index (κ1) is 16.1. The Morgan fingerprint density at radius 1 is 1.35 bits per heavy atom. The lowest BCUT2D eigenvalue weighted by Gasteiger charge is -2.12. The van der Waals surface area contributed by atoms with Crippen molar-refractivity contribution in [3.8, 4) is 5.88 Å². The number of aromatic nitrogens is 1. The van der Waals surface area contributed by atoms with Gasteiger partial charge in [0.15, 0.2) is 5.96 Å². The Balaban J connectivity index is 1.47. The van der Waals surface area contributed by atoms with Crippen molar-refractivity contribution in [1.29, 1.82) is 0 Å². The molecule has 126 valence electrons. The molecule has 1 saturated carbocycles. The molecule has 2 heterocycles. The van der Waals surface area contributed by atoms with Gasteiger partial charge in [-0.25, -0.2) is 9.98 Å². The van der Waals surface area contributed by atoms with Gasteiger partial charge in [0.05, 0.1) is 12.6 Å². The first-order valence-corrected chi connectivity index (χ1v) is 8.56. The van der Waals surface area contributed by atoms with Gasteiger partial charge in [0, 0.05) is 25.4 Å². The van der Waals surface area contributed by atoms with Crippen LogP contribution in [0.4, 0.5) is 0 Å². The molecule has 0 radical (unpaired) electrons. The summed E-state index contributed by atoms with van der Waals surface area (Å²) < 4.78 is 11.5. The molecule has 6 nitrogen and oxygen atoms in total. The summed E-state index contributed by atoms with van der Waals surface area (Å²) in [6.07, 6.45) is 9.33. The summed E-state index contributed by atoms with van der Waals surface area (Å²) in [6, 6.07) is 3.90. The average molecular weight is 318 g/mol. The first-order chi connectivity index (χ1) is 11.3. The molecule has 0 amide bonds. The van der Waals surface area contributed by atoms with Crippen molar-refractivity contribution in [3.05, 3.63) is 23.9 Å². The number of nitrogens with zero attached hydrogens (tertiary/aromatic N) is 2. The highest BCUT2D eigenvalue weighted by molar-refractivity contribution is 5.77. The standard InChI is InChI=1S/C17H26N4O2/c18-17(21-12-15-6-3-9-22-15)20-11-13-7-8-19-16(10-13)23-14-4-1-2-5-14/h7-8,10,14-15H,1-6,9,11-12H2,(H3,18,20,21). The summed E-state index contributed by atoms with van der Waals surface area (Å²) in [5.41, 5.74) is 6.96. The van der Waals surface area contributed by atoms with E-state index in [0.717, 1.165) is 44.4 Å². The number of hydrogen-bond acceptors (Lipinski definition) is 4. The van der Waals surface area contributed by atoms with Gasteiger partial charge < -0.3 is 20.5 Å². The van der Waals surface area contributed by atoms with Gasteiger partial charge in [-0.05, 0) is 50.2 Å². The summed E-state index contributed by atoms with van der Waals surface area (Å²) in [5, 5.41) is 3.12. The number of rotatable bonds is 6. The lowest BCUT2D eigenvalue weighted by atomic mass is 10.2. The number of nitrogens with one attached hydrogen (secondary N) is 1. The van der Waals surface area contributed by atoms with Crippen molar-refractivity contribution in [2.45, 2.75) is 57.3 Å². The number of pyridine rings is 1. The molecule has 2 aliphatic rings. The van der Waals surface area contributed by atoms with Crippen molar-refractivity contribution in [2.75, 3.05) is 13.2 Å². The second-order valence-corrected chi connectivity index (χ2v) is 6.24. The van der Waals surface area contributed by atoms with Crippen LogP contribution in [-0.2, 0) is 11.3 Å². The van der Waals surface area contributed by atoms with E-state index in [-0.39, 0.29) is 6.10 Å². The minimum atomic E-state index is 0.260. The second kappa shape index (κ2) is 8.15. The molecular formula is C17H26N4O2. The van der Waals surface area contributed by atoms with Crippen LogP contribution >= 0.6 is 0 Å². The van der Waals surface area contributed by atoms with E-state index < -0.39 is 0 Å². The van der Waals surface area contributed by atoms with E-state index in [1.807, 2.05) is 12.1 Å². The number of ether oxygens (including phenoxy) is 2. The number of hydrogen-bond donors (Lipinski definition) is 2. The van der Waals surface area contributed by atoms with Gasteiger partial charge in [0.2, 0.25) is 5.88 Å². The highest BCUT2D eigenvalue weighted by Crippen LogP contribution is 2.23. The van der Waals surface area contributed by atoms with Crippen LogP contribution in [0, 0.1) is 0 Å². The fraction of sp³-hybridized carbons (Fsp3) is 0.647. The molecule has 23 heavy (non-hydrogen) atoms. The Morgan fingerprint density at radius 3 is 3.00 bits per heavy atom. The number of guanidine groups is 1. The van der Waals surface area contributed by atoms with Crippen LogP contribution in [0.1, 0.15) is 44.1 Å². The van der Waals surface area contributed by atoms with E-state index in [2.05, 4.69) is 15.3 Å². The largest absolute Gasteiger partial charge is 0.474 e. The number of nitrogens with two attached hydrogens (primary N) is 1. The molecule has 3 N–H and O–H groups in total. The maximum absolute atomic E-state index is 5.91. The van der Waals surface area contributed by atoms with E-state index in [0.29, 0.717) is 24.5 Å². The fourth-order valence-corrected chi connectivity index (χ4v) is 3.05. The van der Waals surface area contributed by atoms with E-state index in [4.69, 9.17) is 15.2 Å². The SMILES string of the molecule is NC(=NCc1ccnc(OC2CCCC2)c1)NCC1CCCO1.